The molecule has 4 rings (SSSR count). The van der Waals surface area contributed by atoms with E-state index in [4.69, 9.17) is 5.26 Å². The maximum absolute atomic E-state index is 12.9. The Balaban J connectivity index is 1.49. The van der Waals surface area contributed by atoms with Crippen LogP contribution in [0.1, 0.15) is 17.7 Å². The summed E-state index contributed by atoms with van der Waals surface area (Å²) in [6.45, 7) is 2.24. The summed E-state index contributed by atoms with van der Waals surface area (Å²) >= 11 is 0. The van der Waals surface area contributed by atoms with Crippen molar-refractivity contribution in [2.45, 2.75) is 12.8 Å². The fourth-order valence-corrected chi connectivity index (χ4v) is 3.62. The normalized spacial score (nSPS) is 19.2. The molecule has 1 fully saturated rings. The highest BCUT2D eigenvalue weighted by Crippen LogP contribution is 2.31. The van der Waals surface area contributed by atoms with E-state index in [0.29, 0.717) is 12.2 Å². The Bertz CT molecular complexity index is 826. The van der Waals surface area contributed by atoms with Crippen molar-refractivity contribution >= 4 is 17.4 Å². The summed E-state index contributed by atoms with van der Waals surface area (Å²) in [6.07, 6.45) is 1.76. The van der Waals surface area contributed by atoms with Crippen molar-refractivity contribution in [3.05, 3.63) is 53.7 Å². The Kier molecular flexibility index (Phi) is 3.66. The smallest absolute Gasteiger partial charge is 0.231 e. The molecule has 1 atom stereocenters. The summed E-state index contributed by atoms with van der Waals surface area (Å²) in [5, 5.41) is 8.99. The SMILES string of the molecule is N#Cc1cccc(N2CCC(C(=O)N3CCc4ccccc43)C2)n1. The minimum Gasteiger partial charge on any atom is -0.356 e. The number of carbonyl (C=O) groups is 1. The predicted molar refractivity (Wildman–Crippen MR) is 91.8 cm³/mol. The first-order valence-electron chi connectivity index (χ1n) is 8.27. The first kappa shape index (κ1) is 14.7. The van der Waals surface area contributed by atoms with Gasteiger partial charge in [-0.3, -0.25) is 4.79 Å². The Morgan fingerprint density at radius 1 is 1.17 bits per heavy atom. The van der Waals surface area contributed by atoms with Crippen LogP contribution in [0.3, 0.4) is 0 Å². The summed E-state index contributed by atoms with van der Waals surface area (Å²) in [5.74, 6) is 0.980. The molecular weight excluding hydrogens is 300 g/mol. The predicted octanol–water partition coefficient (Wildman–Crippen LogP) is 2.37. The number of hydrogen-bond donors (Lipinski definition) is 0. The van der Waals surface area contributed by atoms with Crippen molar-refractivity contribution in [3.8, 4) is 6.07 Å². The quantitative estimate of drug-likeness (QED) is 0.853. The van der Waals surface area contributed by atoms with Gasteiger partial charge in [0.05, 0.1) is 5.92 Å². The number of anilines is 2. The van der Waals surface area contributed by atoms with E-state index < -0.39 is 0 Å². The topological polar surface area (TPSA) is 60.2 Å². The van der Waals surface area contributed by atoms with Crippen molar-refractivity contribution in [1.29, 1.82) is 5.26 Å². The number of benzene rings is 1. The van der Waals surface area contributed by atoms with Gasteiger partial charge >= 0.3 is 0 Å². The van der Waals surface area contributed by atoms with Crippen molar-refractivity contribution in [2.24, 2.45) is 5.92 Å². The molecule has 0 spiro atoms. The average Bonchev–Trinajstić information content (AvgIpc) is 3.28. The van der Waals surface area contributed by atoms with Gasteiger partial charge in [-0.2, -0.15) is 5.26 Å². The van der Waals surface area contributed by atoms with E-state index in [1.165, 1.54) is 5.56 Å². The maximum atomic E-state index is 12.9. The van der Waals surface area contributed by atoms with E-state index in [9.17, 15) is 4.79 Å². The Morgan fingerprint density at radius 2 is 2.04 bits per heavy atom. The minimum atomic E-state index is -0.0105. The summed E-state index contributed by atoms with van der Waals surface area (Å²) < 4.78 is 0. The highest BCUT2D eigenvalue weighted by atomic mass is 16.2. The zero-order valence-corrected chi connectivity index (χ0v) is 13.4. The number of nitriles is 1. The first-order valence-corrected chi connectivity index (χ1v) is 8.27. The number of aromatic nitrogens is 1. The second kappa shape index (κ2) is 5.97. The zero-order chi connectivity index (χ0) is 16.5. The second-order valence-corrected chi connectivity index (χ2v) is 6.29. The number of pyridine rings is 1. The summed E-state index contributed by atoms with van der Waals surface area (Å²) in [5.41, 5.74) is 2.73. The van der Waals surface area contributed by atoms with Crippen molar-refractivity contribution in [2.75, 3.05) is 29.4 Å². The Hall–Kier alpha value is -2.87. The third-order valence-corrected chi connectivity index (χ3v) is 4.86. The van der Waals surface area contributed by atoms with Crippen LogP contribution >= 0.6 is 0 Å². The standard InChI is InChI=1S/C19H18N4O/c20-12-16-5-3-7-18(21-16)22-10-8-15(13-22)19(24)23-11-9-14-4-1-2-6-17(14)23/h1-7,15H,8-11,13H2. The molecule has 1 unspecified atom stereocenters. The van der Waals surface area contributed by atoms with E-state index in [0.717, 1.165) is 37.4 Å². The Labute approximate surface area is 141 Å². The number of rotatable bonds is 2. The lowest BCUT2D eigenvalue weighted by atomic mass is 10.1. The van der Waals surface area contributed by atoms with E-state index in [1.807, 2.05) is 35.2 Å². The fourth-order valence-electron chi connectivity index (χ4n) is 3.62. The molecule has 1 saturated heterocycles. The molecule has 2 aromatic rings. The van der Waals surface area contributed by atoms with Crippen LogP contribution in [0, 0.1) is 17.2 Å². The molecule has 120 valence electrons. The third kappa shape index (κ3) is 2.50. The van der Waals surface area contributed by atoms with Gasteiger partial charge in [0.25, 0.3) is 0 Å². The van der Waals surface area contributed by atoms with Gasteiger partial charge in [-0.05, 0) is 36.6 Å². The summed E-state index contributed by atoms with van der Waals surface area (Å²) in [6, 6.07) is 15.7. The number of fused-ring (bicyclic) bond motifs is 1. The van der Waals surface area contributed by atoms with Gasteiger partial charge in [-0.15, -0.1) is 0 Å². The van der Waals surface area contributed by atoms with Crippen molar-refractivity contribution in [1.82, 2.24) is 4.98 Å². The van der Waals surface area contributed by atoms with Crippen LogP contribution < -0.4 is 9.80 Å². The highest BCUT2D eigenvalue weighted by molar-refractivity contribution is 5.97. The van der Waals surface area contributed by atoms with Crippen LogP contribution in [0.25, 0.3) is 0 Å². The molecule has 5 heteroatoms. The molecule has 1 aromatic carbocycles. The zero-order valence-electron chi connectivity index (χ0n) is 13.4. The molecule has 2 aliphatic heterocycles. The van der Waals surface area contributed by atoms with Crippen LogP contribution in [0.15, 0.2) is 42.5 Å². The molecule has 24 heavy (non-hydrogen) atoms. The van der Waals surface area contributed by atoms with Gasteiger partial charge in [0.15, 0.2) is 0 Å². The van der Waals surface area contributed by atoms with Crippen molar-refractivity contribution in [3.63, 3.8) is 0 Å². The summed E-state index contributed by atoms with van der Waals surface area (Å²) in [4.78, 5) is 21.3. The van der Waals surface area contributed by atoms with Gasteiger partial charge < -0.3 is 9.80 Å². The van der Waals surface area contributed by atoms with E-state index in [1.54, 1.807) is 6.07 Å². The molecule has 1 amide bonds. The monoisotopic (exact) mass is 318 g/mol. The Morgan fingerprint density at radius 3 is 2.92 bits per heavy atom. The number of nitrogens with zero attached hydrogens (tertiary/aromatic N) is 4. The first-order chi connectivity index (χ1) is 11.8. The van der Waals surface area contributed by atoms with Crippen molar-refractivity contribution < 1.29 is 4.79 Å². The summed E-state index contributed by atoms with van der Waals surface area (Å²) in [7, 11) is 0. The van der Waals surface area contributed by atoms with E-state index in [-0.39, 0.29) is 11.8 Å². The molecular formula is C19H18N4O. The van der Waals surface area contributed by atoms with Crippen LogP contribution in [-0.2, 0) is 11.2 Å². The van der Waals surface area contributed by atoms with Crippen LogP contribution in [0.2, 0.25) is 0 Å². The molecule has 0 saturated carbocycles. The lowest BCUT2D eigenvalue weighted by Gasteiger charge is -2.22. The molecule has 0 N–H and O–H groups in total. The number of para-hydroxylation sites is 1. The van der Waals surface area contributed by atoms with E-state index in [2.05, 4.69) is 22.0 Å². The second-order valence-electron chi connectivity index (χ2n) is 6.29. The molecule has 0 bridgehead atoms. The molecule has 2 aliphatic rings. The van der Waals surface area contributed by atoms with Crippen LogP contribution in [0.4, 0.5) is 11.5 Å². The molecule has 1 aromatic heterocycles. The molecule has 0 aliphatic carbocycles. The van der Waals surface area contributed by atoms with Crippen LogP contribution in [-0.4, -0.2) is 30.5 Å². The number of carbonyl (C=O) groups excluding carboxylic acids is 1. The van der Waals surface area contributed by atoms with Crippen LogP contribution in [0.5, 0.6) is 0 Å². The van der Waals surface area contributed by atoms with Gasteiger partial charge in [0.1, 0.15) is 17.6 Å². The lowest BCUT2D eigenvalue weighted by Crippen LogP contribution is -2.36. The highest BCUT2D eigenvalue weighted by Gasteiger charge is 2.34. The largest absolute Gasteiger partial charge is 0.356 e. The van der Waals surface area contributed by atoms with Gasteiger partial charge in [-0.25, -0.2) is 4.98 Å². The molecule has 5 nitrogen and oxygen atoms in total. The fraction of sp³-hybridized carbons (Fsp3) is 0.316. The molecule has 0 radical (unpaired) electrons. The lowest BCUT2D eigenvalue weighted by molar-refractivity contribution is -0.121. The number of hydrogen-bond acceptors (Lipinski definition) is 4. The van der Waals surface area contributed by atoms with Gasteiger partial charge in [0, 0.05) is 25.3 Å². The van der Waals surface area contributed by atoms with Gasteiger partial charge in [0.2, 0.25) is 5.91 Å². The number of amides is 1. The third-order valence-electron chi connectivity index (χ3n) is 4.86. The molecule has 3 heterocycles. The minimum absolute atomic E-state index is 0.0105. The average molecular weight is 318 g/mol. The maximum Gasteiger partial charge on any atom is 0.231 e. The van der Waals surface area contributed by atoms with Gasteiger partial charge in [-0.1, -0.05) is 24.3 Å². The van der Waals surface area contributed by atoms with E-state index >= 15 is 0 Å².